The summed E-state index contributed by atoms with van der Waals surface area (Å²) in [4.78, 5) is 12.0. The zero-order chi connectivity index (χ0) is 13.3. The molecule has 0 saturated carbocycles. The van der Waals surface area contributed by atoms with Gasteiger partial charge in [-0.2, -0.15) is 24.9 Å². The minimum Gasteiger partial charge on any atom is -0.294 e. The second-order valence-electron chi connectivity index (χ2n) is 4.12. The third-order valence-electron chi connectivity index (χ3n) is 2.86. The average Bonchev–Trinajstić information content (AvgIpc) is 2.80. The SMILES string of the molecule is O=C(c1ccc(Br)c(C(F)(F)F)c1)C1CCSC1. The Balaban J connectivity index is 2.32. The predicted octanol–water partition coefficient (Wildman–Crippen LogP) is 4.40. The van der Waals surface area contributed by atoms with E-state index in [1.54, 1.807) is 11.8 Å². The van der Waals surface area contributed by atoms with Crippen molar-refractivity contribution >= 4 is 33.5 Å². The van der Waals surface area contributed by atoms with Gasteiger partial charge in [-0.1, -0.05) is 22.0 Å². The van der Waals surface area contributed by atoms with Crippen LogP contribution in [0.5, 0.6) is 0 Å². The van der Waals surface area contributed by atoms with Crippen molar-refractivity contribution in [2.45, 2.75) is 12.6 Å². The molecule has 1 aromatic rings. The molecule has 0 N–H and O–H groups in total. The number of hydrogen-bond acceptors (Lipinski definition) is 2. The van der Waals surface area contributed by atoms with Gasteiger partial charge in [-0.3, -0.25) is 4.79 Å². The molecular formula is C12H10BrF3OS. The Morgan fingerprint density at radius 1 is 1.39 bits per heavy atom. The summed E-state index contributed by atoms with van der Waals surface area (Å²) in [6.45, 7) is 0. The first kappa shape index (κ1) is 13.9. The molecule has 1 heterocycles. The Morgan fingerprint density at radius 2 is 2.11 bits per heavy atom. The summed E-state index contributed by atoms with van der Waals surface area (Å²) in [5, 5.41) is 0. The molecule has 0 aliphatic carbocycles. The summed E-state index contributed by atoms with van der Waals surface area (Å²) < 4.78 is 38.1. The van der Waals surface area contributed by atoms with Crippen molar-refractivity contribution in [2.75, 3.05) is 11.5 Å². The number of alkyl halides is 3. The maximum Gasteiger partial charge on any atom is 0.417 e. The summed E-state index contributed by atoms with van der Waals surface area (Å²) in [5.74, 6) is 1.28. The molecule has 1 aromatic carbocycles. The lowest BCUT2D eigenvalue weighted by Gasteiger charge is -2.12. The van der Waals surface area contributed by atoms with Crippen LogP contribution in [-0.2, 0) is 6.18 Å². The molecule has 1 aliphatic rings. The summed E-state index contributed by atoms with van der Waals surface area (Å²) in [5.41, 5.74) is -0.642. The fourth-order valence-electron chi connectivity index (χ4n) is 1.87. The maximum absolute atomic E-state index is 12.7. The molecule has 2 rings (SSSR count). The molecule has 0 bridgehead atoms. The zero-order valence-electron chi connectivity index (χ0n) is 9.26. The summed E-state index contributed by atoms with van der Waals surface area (Å²) in [6.07, 6.45) is -3.69. The molecule has 1 fully saturated rings. The van der Waals surface area contributed by atoms with Crippen LogP contribution in [0.25, 0.3) is 0 Å². The molecule has 6 heteroatoms. The number of hydrogen-bond donors (Lipinski definition) is 0. The minimum atomic E-state index is -4.44. The van der Waals surface area contributed by atoms with Crippen LogP contribution in [0, 0.1) is 5.92 Å². The van der Waals surface area contributed by atoms with Crippen molar-refractivity contribution in [3.05, 3.63) is 33.8 Å². The molecular weight excluding hydrogens is 329 g/mol. The molecule has 1 saturated heterocycles. The Bertz CT molecular complexity index is 467. The molecule has 0 radical (unpaired) electrons. The van der Waals surface area contributed by atoms with E-state index in [4.69, 9.17) is 0 Å². The van der Waals surface area contributed by atoms with Gasteiger partial charge in [0.1, 0.15) is 0 Å². The Hall–Kier alpha value is -0.490. The first-order valence-corrected chi connectivity index (χ1v) is 7.33. The Labute approximate surface area is 115 Å². The predicted molar refractivity (Wildman–Crippen MR) is 68.9 cm³/mol. The topological polar surface area (TPSA) is 17.1 Å². The van der Waals surface area contributed by atoms with Gasteiger partial charge in [-0.05, 0) is 24.3 Å². The van der Waals surface area contributed by atoms with Gasteiger partial charge in [0.2, 0.25) is 0 Å². The van der Waals surface area contributed by atoms with Crippen molar-refractivity contribution in [1.82, 2.24) is 0 Å². The van der Waals surface area contributed by atoms with Gasteiger partial charge in [-0.25, -0.2) is 0 Å². The van der Waals surface area contributed by atoms with E-state index < -0.39 is 11.7 Å². The second-order valence-corrected chi connectivity index (χ2v) is 6.12. The number of rotatable bonds is 2. The monoisotopic (exact) mass is 338 g/mol. The molecule has 18 heavy (non-hydrogen) atoms. The van der Waals surface area contributed by atoms with E-state index in [-0.39, 0.29) is 21.7 Å². The highest BCUT2D eigenvalue weighted by molar-refractivity contribution is 9.10. The van der Waals surface area contributed by atoms with Crippen molar-refractivity contribution < 1.29 is 18.0 Å². The van der Waals surface area contributed by atoms with Crippen LogP contribution in [0.15, 0.2) is 22.7 Å². The number of thioether (sulfide) groups is 1. The van der Waals surface area contributed by atoms with Crippen molar-refractivity contribution in [3.63, 3.8) is 0 Å². The van der Waals surface area contributed by atoms with E-state index >= 15 is 0 Å². The van der Waals surface area contributed by atoms with Crippen molar-refractivity contribution in [2.24, 2.45) is 5.92 Å². The van der Waals surface area contributed by atoms with Crippen molar-refractivity contribution in [3.8, 4) is 0 Å². The Kier molecular flexibility index (Phi) is 4.06. The summed E-state index contributed by atoms with van der Waals surface area (Å²) >= 11 is 4.53. The second kappa shape index (κ2) is 5.25. The highest BCUT2D eigenvalue weighted by atomic mass is 79.9. The van der Waals surface area contributed by atoms with Crippen LogP contribution in [0.3, 0.4) is 0 Å². The van der Waals surface area contributed by atoms with Crippen LogP contribution in [0.4, 0.5) is 13.2 Å². The van der Waals surface area contributed by atoms with Gasteiger partial charge in [0.25, 0.3) is 0 Å². The highest BCUT2D eigenvalue weighted by Gasteiger charge is 2.34. The first-order chi connectivity index (χ1) is 8.39. The van der Waals surface area contributed by atoms with Crippen LogP contribution < -0.4 is 0 Å². The van der Waals surface area contributed by atoms with E-state index in [1.165, 1.54) is 12.1 Å². The summed E-state index contributed by atoms with van der Waals surface area (Å²) in [6, 6.07) is 3.68. The lowest BCUT2D eigenvalue weighted by molar-refractivity contribution is -0.138. The van der Waals surface area contributed by atoms with Gasteiger partial charge in [0.15, 0.2) is 5.78 Å². The number of benzene rings is 1. The standard InChI is InChI=1S/C12H10BrF3OS/c13-10-2-1-7(5-9(10)12(14,15)16)11(17)8-3-4-18-6-8/h1-2,5,8H,3-4,6H2. The van der Waals surface area contributed by atoms with Gasteiger partial charge >= 0.3 is 6.18 Å². The van der Waals surface area contributed by atoms with E-state index in [0.29, 0.717) is 5.75 Å². The number of halogens is 4. The van der Waals surface area contributed by atoms with Gasteiger partial charge in [0, 0.05) is 21.7 Å². The Morgan fingerprint density at radius 3 is 2.67 bits per heavy atom. The summed E-state index contributed by atoms with van der Waals surface area (Å²) in [7, 11) is 0. The van der Waals surface area contributed by atoms with Gasteiger partial charge in [-0.15, -0.1) is 0 Å². The fraction of sp³-hybridized carbons (Fsp3) is 0.417. The maximum atomic E-state index is 12.7. The van der Waals surface area contributed by atoms with E-state index in [2.05, 4.69) is 15.9 Å². The molecule has 0 spiro atoms. The lowest BCUT2D eigenvalue weighted by atomic mass is 9.96. The highest BCUT2D eigenvalue weighted by Crippen LogP contribution is 2.36. The number of Topliss-reactive ketones (excluding diaryl/α,β-unsaturated/α-hetero) is 1. The molecule has 1 unspecified atom stereocenters. The van der Waals surface area contributed by atoms with Gasteiger partial charge < -0.3 is 0 Å². The van der Waals surface area contributed by atoms with Crippen LogP contribution in [0.2, 0.25) is 0 Å². The third-order valence-corrected chi connectivity index (χ3v) is 4.71. The molecule has 0 amide bonds. The number of carbonyl (C=O) groups excluding carboxylic acids is 1. The normalized spacial score (nSPS) is 20.1. The molecule has 1 nitrogen and oxygen atoms in total. The third kappa shape index (κ3) is 2.91. The minimum absolute atomic E-state index is 0.0349. The van der Waals surface area contributed by atoms with E-state index in [1.807, 2.05) is 0 Å². The van der Waals surface area contributed by atoms with Crippen LogP contribution in [-0.4, -0.2) is 17.3 Å². The first-order valence-electron chi connectivity index (χ1n) is 5.38. The smallest absolute Gasteiger partial charge is 0.294 e. The molecule has 98 valence electrons. The number of ketones is 1. The average molecular weight is 339 g/mol. The lowest BCUT2D eigenvalue weighted by Crippen LogP contribution is -2.15. The van der Waals surface area contributed by atoms with Crippen molar-refractivity contribution in [1.29, 1.82) is 0 Å². The zero-order valence-corrected chi connectivity index (χ0v) is 11.7. The van der Waals surface area contributed by atoms with E-state index in [0.717, 1.165) is 18.2 Å². The molecule has 0 aromatic heterocycles. The largest absolute Gasteiger partial charge is 0.417 e. The number of carbonyl (C=O) groups is 1. The van der Waals surface area contributed by atoms with E-state index in [9.17, 15) is 18.0 Å². The van der Waals surface area contributed by atoms with Crippen LogP contribution in [0.1, 0.15) is 22.3 Å². The fourth-order valence-corrected chi connectivity index (χ4v) is 3.56. The van der Waals surface area contributed by atoms with Crippen LogP contribution >= 0.6 is 27.7 Å². The molecule has 1 atom stereocenters. The van der Waals surface area contributed by atoms with Gasteiger partial charge in [0.05, 0.1) is 5.56 Å². The molecule has 1 aliphatic heterocycles. The quantitative estimate of drug-likeness (QED) is 0.743.